The first kappa shape index (κ1) is 36.6. The smallest absolute Gasteiger partial charge is 0.332 e. The van der Waals surface area contributed by atoms with E-state index < -0.39 is 66.9 Å². The maximum Gasteiger partial charge on any atom is 0.332 e. The minimum Gasteiger partial charge on any atom is -0.462 e. The predicted octanol–water partition coefficient (Wildman–Crippen LogP) is 2.13. The lowest BCUT2D eigenvalue weighted by Gasteiger charge is -2.38. The van der Waals surface area contributed by atoms with Crippen molar-refractivity contribution in [3.63, 3.8) is 0 Å². The summed E-state index contributed by atoms with van der Waals surface area (Å²) < 4.78 is 41.2. The van der Waals surface area contributed by atoms with Gasteiger partial charge in [0.1, 0.15) is 23.7 Å². The number of anilines is 1. The normalized spacial score (nSPS) is 17.7. The minimum absolute atomic E-state index is 0.170. The molecule has 0 aliphatic carbocycles. The number of ether oxygens (including phenoxy) is 2. The summed E-state index contributed by atoms with van der Waals surface area (Å²) >= 11 is 0. The van der Waals surface area contributed by atoms with Crippen LogP contribution in [0.5, 0.6) is 0 Å². The zero-order chi connectivity index (χ0) is 34.3. The highest BCUT2D eigenvalue weighted by molar-refractivity contribution is 7.57. The lowest BCUT2D eigenvalue weighted by molar-refractivity contribution is -0.149. The lowest BCUT2D eigenvalue weighted by Crippen LogP contribution is -2.53. The van der Waals surface area contributed by atoms with Crippen LogP contribution < -0.4 is 31.4 Å². The third kappa shape index (κ3) is 9.59. The van der Waals surface area contributed by atoms with E-state index in [1.807, 2.05) is 6.07 Å². The number of hydrogen-bond acceptors (Lipinski definition) is 9. The van der Waals surface area contributed by atoms with Gasteiger partial charge < -0.3 is 14.4 Å². The van der Waals surface area contributed by atoms with E-state index in [1.165, 1.54) is 43.7 Å². The Kier molecular flexibility index (Phi) is 12.5. The van der Waals surface area contributed by atoms with Crippen LogP contribution in [-0.4, -0.2) is 64.5 Å². The Bertz CT molecular complexity index is 1600. The Balaban J connectivity index is 1.95. The molecule has 252 valence electrons. The van der Waals surface area contributed by atoms with Crippen molar-refractivity contribution < 1.29 is 28.0 Å². The Morgan fingerprint density at radius 3 is 2.17 bits per heavy atom. The van der Waals surface area contributed by atoms with Gasteiger partial charge in [0.05, 0.1) is 30.4 Å². The van der Waals surface area contributed by atoms with E-state index in [0.717, 1.165) is 10.6 Å². The summed E-state index contributed by atoms with van der Waals surface area (Å²) in [5.74, 6) is -1.62. The summed E-state index contributed by atoms with van der Waals surface area (Å²) in [6.45, 7) is 10.2. The van der Waals surface area contributed by atoms with Crippen LogP contribution in [0.1, 0.15) is 65.5 Å². The van der Waals surface area contributed by atoms with Crippen LogP contribution in [0.15, 0.2) is 33.9 Å². The number of carbonyl (C=O) groups excluding carboxylic acids is 2. The second-order valence-corrected chi connectivity index (χ2v) is 13.9. The number of nitriles is 1. The molecule has 0 amide bonds. The maximum absolute atomic E-state index is 14.3. The van der Waals surface area contributed by atoms with Crippen molar-refractivity contribution in [3.8, 4) is 6.07 Å². The SMILES string of the molecule is CC(C)OC(=O)C(C)NP(=O)(NC(C)C(=O)OC(C)C)N[C@@H]1CCCN(c2cc(=O)n(C)c(=O)n2Cc2cc(F)ccc2C#N)C1. The number of esters is 2. The van der Waals surface area contributed by atoms with Crippen LogP contribution >= 0.6 is 7.59 Å². The van der Waals surface area contributed by atoms with E-state index in [4.69, 9.17) is 9.47 Å². The summed E-state index contributed by atoms with van der Waals surface area (Å²) in [4.78, 5) is 53.1. The van der Waals surface area contributed by atoms with Crippen LogP contribution in [-0.2, 0) is 37.2 Å². The van der Waals surface area contributed by atoms with Crippen LogP contribution in [0.4, 0.5) is 10.2 Å². The molecule has 2 heterocycles. The Labute approximate surface area is 267 Å². The zero-order valence-corrected chi connectivity index (χ0v) is 28.1. The van der Waals surface area contributed by atoms with Crippen LogP contribution in [0.2, 0.25) is 0 Å². The molecule has 2 unspecified atom stereocenters. The third-order valence-electron chi connectivity index (χ3n) is 7.17. The van der Waals surface area contributed by atoms with Gasteiger partial charge in [-0.05, 0) is 78.1 Å². The molecule has 0 bridgehead atoms. The minimum atomic E-state index is -3.91. The molecule has 46 heavy (non-hydrogen) atoms. The van der Waals surface area contributed by atoms with Gasteiger partial charge in [0.15, 0.2) is 0 Å². The molecule has 1 saturated heterocycles. The number of halogens is 1. The van der Waals surface area contributed by atoms with E-state index in [9.17, 15) is 33.4 Å². The fourth-order valence-electron chi connectivity index (χ4n) is 5.02. The van der Waals surface area contributed by atoms with Gasteiger partial charge in [-0.15, -0.1) is 0 Å². The lowest BCUT2D eigenvalue weighted by atomic mass is 10.1. The number of aromatic nitrogens is 2. The number of nitrogens with zero attached hydrogens (tertiary/aromatic N) is 4. The summed E-state index contributed by atoms with van der Waals surface area (Å²) in [7, 11) is -2.59. The average Bonchev–Trinajstić information content (AvgIpc) is 2.96. The molecule has 1 fully saturated rings. The molecule has 1 aromatic heterocycles. The number of carbonyl (C=O) groups is 2. The van der Waals surface area contributed by atoms with Crippen molar-refractivity contribution in [3.05, 3.63) is 62.0 Å². The third-order valence-corrected chi connectivity index (χ3v) is 9.40. The van der Waals surface area contributed by atoms with E-state index in [-0.39, 0.29) is 30.0 Å². The molecule has 3 N–H and O–H groups in total. The molecule has 0 saturated carbocycles. The first-order chi connectivity index (χ1) is 21.5. The van der Waals surface area contributed by atoms with E-state index in [1.54, 1.807) is 32.6 Å². The molecule has 16 heteroatoms. The van der Waals surface area contributed by atoms with Gasteiger partial charge in [0.2, 0.25) is 0 Å². The Morgan fingerprint density at radius 2 is 1.63 bits per heavy atom. The molecule has 0 spiro atoms. The maximum atomic E-state index is 14.3. The number of rotatable bonds is 13. The van der Waals surface area contributed by atoms with Crippen molar-refractivity contribution >= 4 is 25.4 Å². The molecule has 3 atom stereocenters. The van der Waals surface area contributed by atoms with E-state index in [2.05, 4.69) is 15.3 Å². The fraction of sp³-hybridized carbons (Fsp3) is 0.567. The molecular weight excluding hydrogens is 620 g/mol. The van der Waals surface area contributed by atoms with Crippen molar-refractivity contribution in [2.24, 2.45) is 7.05 Å². The standard InChI is InChI=1S/C30H43FN7O7P/c1-18(2)44-28(40)20(5)33-46(43,34-21(6)29(41)45-19(3)4)35-25-9-8-12-37(17-25)26-14-27(39)36(7)30(42)38(26)16-23-13-24(31)11-10-22(23)15-32/h10-11,13-14,18-21,25H,8-9,12,16-17H2,1-7H3,(H3,33,34,35,43)/t20?,21?,25-,46?/m1/s1. The summed E-state index contributed by atoms with van der Waals surface area (Å²) in [5.41, 5.74) is -0.775. The first-order valence-corrected chi connectivity index (χ1v) is 16.8. The zero-order valence-electron chi connectivity index (χ0n) is 27.2. The van der Waals surface area contributed by atoms with Gasteiger partial charge in [0.25, 0.3) is 13.2 Å². The summed E-state index contributed by atoms with van der Waals surface area (Å²) in [6, 6.07) is 4.38. The van der Waals surface area contributed by atoms with Crippen molar-refractivity contribution in [2.45, 2.75) is 91.3 Å². The largest absolute Gasteiger partial charge is 0.462 e. The quantitative estimate of drug-likeness (QED) is 0.211. The average molecular weight is 664 g/mol. The first-order valence-electron chi connectivity index (χ1n) is 15.1. The topological polar surface area (TPSA) is 177 Å². The van der Waals surface area contributed by atoms with Gasteiger partial charge in [-0.25, -0.2) is 24.4 Å². The van der Waals surface area contributed by atoms with Gasteiger partial charge in [-0.3, -0.25) is 28.1 Å². The van der Waals surface area contributed by atoms with Crippen LogP contribution in [0.3, 0.4) is 0 Å². The molecule has 2 aromatic rings. The molecular formula is C30H43FN7O7P. The second-order valence-electron chi connectivity index (χ2n) is 11.9. The Hall–Kier alpha value is -3.83. The predicted molar refractivity (Wildman–Crippen MR) is 170 cm³/mol. The molecule has 3 rings (SSSR count). The fourth-order valence-corrected chi connectivity index (χ4v) is 7.27. The van der Waals surface area contributed by atoms with E-state index in [0.29, 0.717) is 19.4 Å². The highest BCUT2D eigenvalue weighted by atomic mass is 31.2. The number of piperidine rings is 1. The van der Waals surface area contributed by atoms with Crippen molar-refractivity contribution in [1.82, 2.24) is 24.4 Å². The van der Waals surface area contributed by atoms with Gasteiger partial charge in [-0.2, -0.15) is 5.26 Å². The number of nitrogens with one attached hydrogen (secondary N) is 3. The number of benzene rings is 1. The monoisotopic (exact) mass is 663 g/mol. The highest BCUT2D eigenvalue weighted by Gasteiger charge is 2.36. The molecule has 0 radical (unpaired) electrons. The second kappa shape index (κ2) is 15.6. The van der Waals surface area contributed by atoms with Gasteiger partial charge in [-0.1, -0.05) is 0 Å². The van der Waals surface area contributed by atoms with Crippen molar-refractivity contribution in [2.75, 3.05) is 18.0 Å². The van der Waals surface area contributed by atoms with Crippen LogP contribution in [0.25, 0.3) is 0 Å². The summed E-state index contributed by atoms with van der Waals surface area (Å²) in [6.07, 6.45) is 0.269. The van der Waals surface area contributed by atoms with E-state index >= 15 is 0 Å². The molecule has 1 aliphatic rings. The summed E-state index contributed by atoms with van der Waals surface area (Å²) in [5, 5.41) is 18.2. The molecule has 1 aromatic carbocycles. The van der Waals surface area contributed by atoms with Gasteiger partial charge >= 0.3 is 17.6 Å². The molecule has 1 aliphatic heterocycles. The van der Waals surface area contributed by atoms with Crippen molar-refractivity contribution in [1.29, 1.82) is 5.26 Å². The van der Waals surface area contributed by atoms with Gasteiger partial charge in [0, 0.05) is 32.2 Å². The highest BCUT2D eigenvalue weighted by Crippen LogP contribution is 2.35. The number of hydrogen-bond donors (Lipinski definition) is 3. The Morgan fingerprint density at radius 1 is 1.04 bits per heavy atom. The molecule has 14 nitrogen and oxygen atoms in total. The van der Waals surface area contributed by atoms with Crippen LogP contribution in [0, 0.1) is 17.1 Å².